The molecule has 0 aromatic rings. The van der Waals surface area contributed by atoms with E-state index in [1.165, 1.54) is 37.9 Å². The molecule has 0 spiro atoms. The summed E-state index contributed by atoms with van der Waals surface area (Å²) in [5.41, 5.74) is 1.30. The molecule has 1 atom stereocenters. The standard InChI is InChI=1S/C14H22NO/c1-13-5-7-14(8-6-13)16-12-11-15-9-3-2-4-10-15/h5-8,14H,2-4,9-12H2,1H3. The van der Waals surface area contributed by atoms with Crippen molar-refractivity contribution in [2.24, 2.45) is 0 Å². The fourth-order valence-corrected chi connectivity index (χ4v) is 2.22. The van der Waals surface area contributed by atoms with Gasteiger partial charge in [-0.15, -0.1) is 0 Å². The van der Waals surface area contributed by atoms with Gasteiger partial charge in [0.2, 0.25) is 0 Å². The van der Waals surface area contributed by atoms with Crippen LogP contribution in [0.25, 0.3) is 0 Å². The predicted octanol–water partition coefficient (Wildman–Crippen LogP) is 2.58. The van der Waals surface area contributed by atoms with Crippen LogP contribution in [0, 0.1) is 6.42 Å². The van der Waals surface area contributed by atoms with Crippen molar-refractivity contribution in [3.63, 3.8) is 0 Å². The van der Waals surface area contributed by atoms with Crippen molar-refractivity contribution in [1.29, 1.82) is 0 Å². The molecule has 89 valence electrons. The van der Waals surface area contributed by atoms with Crippen molar-refractivity contribution < 1.29 is 4.74 Å². The minimum atomic E-state index is 0.188. The van der Waals surface area contributed by atoms with Gasteiger partial charge in [-0.05, 0) is 32.9 Å². The van der Waals surface area contributed by atoms with Gasteiger partial charge in [0.15, 0.2) is 0 Å². The zero-order valence-corrected chi connectivity index (χ0v) is 10.2. The third-order valence-corrected chi connectivity index (χ3v) is 3.26. The number of nitrogens with zero attached hydrogens (tertiary/aromatic N) is 1. The van der Waals surface area contributed by atoms with Crippen LogP contribution >= 0.6 is 0 Å². The van der Waals surface area contributed by atoms with E-state index in [-0.39, 0.29) is 6.10 Å². The Morgan fingerprint density at radius 1 is 1.31 bits per heavy atom. The van der Waals surface area contributed by atoms with Crippen molar-refractivity contribution >= 4 is 0 Å². The van der Waals surface area contributed by atoms with Gasteiger partial charge < -0.3 is 9.64 Å². The molecule has 1 unspecified atom stereocenters. The molecular weight excluding hydrogens is 198 g/mol. The van der Waals surface area contributed by atoms with E-state index in [1.807, 2.05) is 0 Å². The van der Waals surface area contributed by atoms with Crippen molar-refractivity contribution in [3.8, 4) is 0 Å². The molecule has 1 fully saturated rings. The van der Waals surface area contributed by atoms with Crippen LogP contribution in [-0.2, 0) is 4.74 Å². The van der Waals surface area contributed by atoms with Crippen molar-refractivity contribution in [2.75, 3.05) is 26.2 Å². The lowest BCUT2D eigenvalue weighted by Gasteiger charge is -2.27. The van der Waals surface area contributed by atoms with Gasteiger partial charge in [0.25, 0.3) is 0 Å². The maximum Gasteiger partial charge on any atom is 0.0829 e. The fourth-order valence-electron chi connectivity index (χ4n) is 2.22. The van der Waals surface area contributed by atoms with Crippen LogP contribution in [0.4, 0.5) is 0 Å². The van der Waals surface area contributed by atoms with Gasteiger partial charge in [0.05, 0.1) is 12.7 Å². The first kappa shape index (κ1) is 11.9. The van der Waals surface area contributed by atoms with E-state index < -0.39 is 0 Å². The summed E-state index contributed by atoms with van der Waals surface area (Å²) in [6.45, 7) is 6.55. The Balaban J connectivity index is 1.59. The van der Waals surface area contributed by atoms with E-state index in [2.05, 4.69) is 36.5 Å². The number of rotatable bonds is 4. The molecule has 0 bridgehead atoms. The third kappa shape index (κ3) is 3.76. The van der Waals surface area contributed by atoms with Gasteiger partial charge in [-0.3, -0.25) is 0 Å². The molecule has 1 radical (unpaired) electrons. The van der Waals surface area contributed by atoms with Crippen LogP contribution < -0.4 is 0 Å². The molecule has 16 heavy (non-hydrogen) atoms. The Hall–Kier alpha value is -0.600. The number of hydrogen-bond acceptors (Lipinski definition) is 2. The molecule has 1 aliphatic heterocycles. The first-order chi connectivity index (χ1) is 7.84. The van der Waals surface area contributed by atoms with Crippen LogP contribution in [0.1, 0.15) is 26.2 Å². The van der Waals surface area contributed by atoms with Crippen molar-refractivity contribution in [2.45, 2.75) is 32.3 Å². The van der Waals surface area contributed by atoms with E-state index in [1.54, 1.807) is 0 Å². The SMILES string of the molecule is CC1=C[CH]C(OCCN2CCCCC2)C=C1. The molecular formula is C14H22NO. The quantitative estimate of drug-likeness (QED) is 0.722. The average molecular weight is 220 g/mol. The summed E-state index contributed by atoms with van der Waals surface area (Å²) in [7, 11) is 0. The van der Waals surface area contributed by atoms with E-state index in [0.717, 1.165) is 13.2 Å². The molecule has 2 aliphatic rings. The highest BCUT2D eigenvalue weighted by molar-refractivity contribution is 5.28. The number of allylic oxidation sites excluding steroid dienone is 2. The molecule has 2 nitrogen and oxygen atoms in total. The lowest BCUT2D eigenvalue weighted by Crippen LogP contribution is -2.33. The Bertz CT molecular complexity index is 264. The molecule has 0 N–H and O–H groups in total. The smallest absolute Gasteiger partial charge is 0.0829 e. The van der Waals surface area contributed by atoms with Crippen LogP contribution in [0.5, 0.6) is 0 Å². The topological polar surface area (TPSA) is 12.5 Å². The van der Waals surface area contributed by atoms with Gasteiger partial charge in [0, 0.05) is 13.0 Å². The van der Waals surface area contributed by atoms with Crippen LogP contribution in [0.15, 0.2) is 23.8 Å². The number of likely N-dealkylation sites (tertiary alicyclic amines) is 1. The minimum Gasteiger partial charge on any atom is -0.372 e. The highest BCUT2D eigenvalue weighted by atomic mass is 16.5. The van der Waals surface area contributed by atoms with E-state index >= 15 is 0 Å². The predicted molar refractivity (Wildman–Crippen MR) is 67.2 cm³/mol. The summed E-state index contributed by atoms with van der Waals surface area (Å²) in [4.78, 5) is 2.51. The molecule has 0 amide bonds. The molecule has 0 aromatic heterocycles. The Labute approximate surface area is 99.0 Å². The molecule has 0 saturated carbocycles. The third-order valence-electron chi connectivity index (χ3n) is 3.26. The molecule has 1 aliphatic carbocycles. The maximum atomic E-state index is 5.81. The van der Waals surface area contributed by atoms with Crippen LogP contribution in [0.3, 0.4) is 0 Å². The second-order valence-electron chi connectivity index (χ2n) is 4.70. The zero-order valence-electron chi connectivity index (χ0n) is 10.2. The summed E-state index contributed by atoms with van der Waals surface area (Å²) < 4.78 is 5.81. The normalized spacial score (nSPS) is 26.8. The Morgan fingerprint density at radius 2 is 2.12 bits per heavy atom. The summed E-state index contributed by atoms with van der Waals surface area (Å²) in [5.74, 6) is 0. The fraction of sp³-hybridized carbons (Fsp3) is 0.643. The monoisotopic (exact) mass is 220 g/mol. The van der Waals surface area contributed by atoms with Gasteiger partial charge in [-0.1, -0.05) is 30.2 Å². The lowest BCUT2D eigenvalue weighted by molar-refractivity contribution is 0.0768. The molecule has 2 rings (SSSR count). The first-order valence-corrected chi connectivity index (χ1v) is 6.38. The lowest BCUT2D eigenvalue weighted by atomic mass is 10.1. The Kier molecular flexibility index (Phi) is 4.61. The molecule has 0 aromatic carbocycles. The van der Waals surface area contributed by atoms with Gasteiger partial charge in [0.1, 0.15) is 0 Å². The maximum absolute atomic E-state index is 5.81. The number of ether oxygens (including phenoxy) is 1. The van der Waals surface area contributed by atoms with E-state index in [9.17, 15) is 0 Å². The van der Waals surface area contributed by atoms with Gasteiger partial charge in [-0.2, -0.15) is 0 Å². The van der Waals surface area contributed by atoms with E-state index in [4.69, 9.17) is 4.74 Å². The second kappa shape index (κ2) is 6.21. The average Bonchev–Trinajstić information content (AvgIpc) is 2.33. The molecule has 1 saturated heterocycles. The second-order valence-corrected chi connectivity index (χ2v) is 4.70. The summed E-state index contributed by atoms with van der Waals surface area (Å²) in [6, 6.07) is 0. The van der Waals surface area contributed by atoms with Crippen LogP contribution in [0.2, 0.25) is 0 Å². The van der Waals surface area contributed by atoms with Crippen LogP contribution in [-0.4, -0.2) is 37.2 Å². The molecule has 2 heteroatoms. The summed E-state index contributed by atoms with van der Waals surface area (Å²) in [5, 5.41) is 0. The highest BCUT2D eigenvalue weighted by Crippen LogP contribution is 2.12. The number of piperidine rings is 1. The molecule has 1 heterocycles. The number of hydrogen-bond donors (Lipinski definition) is 0. The summed E-state index contributed by atoms with van der Waals surface area (Å²) in [6.07, 6.45) is 12.8. The van der Waals surface area contributed by atoms with E-state index in [0.29, 0.717) is 0 Å². The zero-order chi connectivity index (χ0) is 11.2. The summed E-state index contributed by atoms with van der Waals surface area (Å²) >= 11 is 0. The highest BCUT2D eigenvalue weighted by Gasteiger charge is 2.11. The van der Waals surface area contributed by atoms with Gasteiger partial charge >= 0.3 is 0 Å². The Morgan fingerprint density at radius 3 is 2.81 bits per heavy atom. The largest absolute Gasteiger partial charge is 0.372 e. The van der Waals surface area contributed by atoms with Crippen molar-refractivity contribution in [1.82, 2.24) is 4.90 Å². The first-order valence-electron chi connectivity index (χ1n) is 6.38. The van der Waals surface area contributed by atoms with Gasteiger partial charge in [-0.25, -0.2) is 0 Å². The van der Waals surface area contributed by atoms with Crippen molar-refractivity contribution in [3.05, 3.63) is 30.2 Å². The minimum absolute atomic E-state index is 0.188.